The average Bonchev–Trinajstić information content (AvgIpc) is 2.86. The van der Waals surface area contributed by atoms with E-state index in [-0.39, 0.29) is 17.8 Å². The smallest absolute Gasteiger partial charge is 0.242 e. The molecule has 2 rings (SSSR count). The topological polar surface area (TPSA) is 41.1 Å². The molecule has 3 nitrogen and oxygen atoms in total. The number of carbonyl (C=O) groups is 1. The Morgan fingerprint density at radius 1 is 1.42 bits per heavy atom. The molecular formula is C14H18BrFN2O. The van der Waals surface area contributed by atoms with Gasteiger partial charge in [0, 0.05) is 10.5 Å². The first kappa shape index (κ1) is 14.3. The highest BCUT2D eigenvalue weighted by Crippen LogP contribution is 2.21. The van der Waals surface area contributed by atoms with Crippen LogP contribution in [0.15, 0.2) is 22.7 Å². The Bertz CT molecular complexity index is 461. The van der Waals surface area contributed by atoms with Crippen molar-refractivity contribution >= 4 is 27.5 Å². The van der Waals surface area contributed by atoms with Crippen LogP contribution in [-0.2, 0) is 4.79 Å². The van der Waals surface area contributed by atoms with E-state index in [1.165, 1.54) is 18.9 Å². The number of halogens is 2. The lowest BCUT2D eigenvalue weighted by molar-refractivity contribution is -0.122. The zero-order chi connectivity index (χ0) is 13.8. The molecule has 104 valence electrons. The molecule has 0 aromatic heterocycles. The molecule has 2 N–H and O–H groups in total. The zero-order valence-corrected chi connectivity index (χ0v) is 12.5. The van der Waals surface area contributed by atoms with Gasteiger partial charge in [0.2, 0.25) is 5.91 Å². The summed E-state index contributed by atoms with van der Waals surface area (Å²) >= 11 is 3.29. The van der Waals surface area contributed by atoms with E-state index in [1.54, 1.807) is 19.1 Å². The van der Waals surface area contributed by atoms with Crippen LogP contribution in [0.2, 0.25) is 0 Å². The molecule has 0 bridgehead atoms. The van der Waals surface area contributed by atoms with E-state index in [0.717, 1.165) is 17.3 Å². The van der Waals surface area contributed by atoms with Gasteiger partial charge in [-0.3, -0.25) is 4.79 Å². The van der Waals surface area contributed by atoms with Gasteiger partial charge in [-0.2, -0.15) is 0 Å². The number of rotatable bonds is 4. The molecule has 1 unspecified atom stereocenters. The summed E-state index contributed by atoms with van der Waals surface area (Å²) in [4.78, 5) is 12.0. The molecule has 0 radical (unpaired) electrons. The summed E-state index contributed by atoms with van der Waals surface area (Å²) in [6.07, 6.45) is 4.44. The Morgan fingerprint density at radius 2 is 2.11 bits per heavy atom. The normalized spacial score (nSPS) is 17.2. The first-order valence-corrected chi connectivity index (χ1v) is 7.37. The molecule has 1 aliphatic rings. The molecule has 1 amide bonds. The van der Waals surface area contributed by atoms with Crippen molar-refractivity contribution in [1.29, 1.82) is 0 Å². The molecule has 0 heterocycles. The van der Waals surface area contributed by atoms with Gasteiger partial charge in [0.05, 0.1) is 5.69 Å². The summed E-state index contributed by atoms with van der Waals surface area (Å²) in [7, 11) is 0. The standard InChI is InChI=1S/C14H18BrFN2O/c1-9(14(19)18-11-4-2-3-5-11)17-13-8-10(15)6-7-12(13)16/h6-9,11,17H,2-5H2,1H3,(H,18,19). The van der Waals surface area contributed by atoms with E-state index in [1.807, 2.05) is 0 Å². The van der Waals surface area contributed by atoms with Gasteiger partial charge >= 0.3 is 0 Å². The molecule has 0 aliphatic heterocycles. The Hall–Kier alpha value is -1.10. The van der Waals surface area contributed by atoms with Crippen molar-refractivity contribution in [2.75, 3.05) is 5.32 Å². The molecule has 0 saturated heterocycles. The van der Waals surface area contributed by atoms with Gasteiger partial charge in [0.25, 0.3) is 0 Å². The van der Waals surface area contributed by atoms with E-state index in [0.29, 0.717) is 5.69 Å². The summed E-state index contributed by atoms with van der Waals surface area (Å²) in [6, 6.07) is 4.46. The first-order chi connectivity index (χ1) is 9.06. The fraction of sp³-hybridized carbons (Fsp3) is 0.500. The summed E-state index contributed by atoms with van der Waals surface area (Å²) < 4.78 is 14.4. The third kappa shape index (κ3) is 3.93. The largest absolute Gasteiger partial charge is 0.371 e. The summed E-state index contributed by atoms with van der Waals surface area (Å²) in [5, 5.41) is 5.91. The van der Waals surface area contributed by atoms with Crippen molar-refractivity contribution in [3.05, 3.63) is 28.5 Å². The maximum Gasteiger partial charge on any atom is 0.242 e. The molecule has 0 spiro atoms. The number of hydrogen-bond donors (Lipinski definition) is 2. The number of carbonyl (C=O) groups excluding carboxylic acids is 1. The minimum atomic E-state index is -0.454. The molecule has 19 heavy (non-hydrogen) atoms. The van der Waals surface area contributed by atoms with E-state index in [2.05, 4.69) is 26.6 Å². The van der Waals surface area contributed by atoms with E-state index in [4.69, 9.17) is 0 Å². The first-order valence-electron chi connectivity index (χ1n) is 6.58. The van der Waals surface area contributed by atoms with Crippen LogP contribution < -0.4 is 10.6 Å². The minimum Gasteiger partial charge on any atom is -0.371 e. The number of amides is 1. The second kappa shape index (κ2) is 6.37. The maximum atomic E-state index is 13.6. The zero-order valence-electron chi connectivity index (χ0n) is 10.9. The van der Waals surface area contributed by atoms with Gasteiger partial charge in [-0.05, 0) is 38.0 Å². The van der Waals surface area contributed by atoms with Crippen LogP contribution in [0.25, 0.3) is 0 Å². The van der Waals surface area contributed by atoms with Crippen LogP contribution >= 0.6 is 15.9 Å². The third-order valence-electron chi connectivity index (χ3n) is 3.40. The van der Waals surface area contributed by atoms with Crippen LogP contribution in [0, 0.1) is 5.82 Å². The Morgan fingerprint density at radius 3 is 2.79 bits per heavy atom. The second-order valence-corrected chi connectivity index (χ2v) is 5.90. The second-order valence-electron chi connectivity index (χ2n) is 4.98. The predicted molar refractivity (Wildman–Crippen MR) is 77.6 cm³/mol. The van der Waals surface area contributed by atoms with Gasteiger partial charge < -0.3 is 10.6 Å². The molecular weight excluding hydrogens is 311 g/mol. The van der Waals surface area contributed by atoms with Crippen LogP contribution in [0.5, 0.6) is 0 Å². The van der Waals surface area contributed by atoms with Crippen molar-refractivity contribution in [2.24, 2.45) is 0 Å². The molecule has 1 saturated carbocycles. The van der Waals surface area contributed by atoms with Crippen molar-refractivity contribution in [3.63, 3.8) is 0 Å². The fourth-order valence-corrected chi connectivity index (χ4v) is 2.66. The van der Waals surface area contributed by atoms with Crippen LogP contribution in [0.3, 0.4) is 0 Å². The van der Waals surface area contributed by atoms with Gasteiger partial charge in [-0.25, -0.2) is 4.39 Å². The summed E-state index contributed by atoms with van der Waals surface area (Å²) in [6.45, 7) is 1.74. The average molecular weight is 329 g/mol. The SMILES string of the molecule is CC(Nc1cc(Br)ccc1F)C(=O)NC1CCCC1. The highest BCUT2D eigenvalue weighted by atomic mass is 79.9. The quantitative estimate of drug-likeness (QED) is 0.888. The summed E-state index contributed by atoms with van der Waals surface area (Å²) in [5.41, 5.74) is 0.337. The Labute approximate surface area is 121 Å². The third-order valence-corrected chi connectivity index (χ3v) is 3.89. The van der Waals surface area contributed by atoms with Gasteiger partial charge in [-0.1, -0.05) is 28.8 Å². The lowest BCUT2D eigenvalue weighted by Crippen LogP contribution is -2.42. The van der Waals surface area contributed by atoms with Crippen molar-refractivity contribution in [1.82, 2.24) is 5.32 Å². The van der Waals surface area contributed by atoms with E-state index in [9.17, 15) is 9.18 Å². The van der Waals surface area contributed by atoms with Crippen LogP contribution in [-0.4, -0.2) is 18.0 Å². The molecule has 1 aromatic carbocycles. The van der Waals surface area contributed by atoms with Crippen LogP contribution in [0.4, 0.5) is 10.1 Å². The molecule has 1 atom stereocenters. The van der Waals surface area contributed by atoms with Crippen molar-refractivity contribution in [3.8, 4) is 0 Å². The number of benzene rings is 1. The van der Waals surface area contributed by atoms with Gasteiger partial charge in [0.1, 0.15) is 11.9 Å². The monoisotopic (exact) mass is 328 g/mol. The van der Waals surface area contributed by atoms with Gasteiger partial charge in [-0.15, -0.1) is 0 Å². The molecule has 1 fully saturated rings. The highest BCUT2D eigenvalue weighted by molar-refractivity contribution is 9.10. The number of anilines is 1. The Kier molecular flexibility index (Phi) is 4.80. The molecule has 1 aromatic rings. The minimum absolute atomic E-state index is 0.0775. The van der Waals surface area contributed by atoms with Crippen molar-refractivity contribution < 1.29 is 9.18 Å². The lowest BCUT2D eigenvalue weighted by atomic mass is 10.2. The van der Waals surface area contributed by atoms with E-state index >= 15 is 0 Å². The highest BCUT2D eigenvalue weighted by Gasteiger charge is 2.21. The Balaban J connectivity index is 1.93. The number of nitrogens with one attached hydrogen (secondary N) is 2. The predicted octanol–water partition coefficient (Wildman–Crippen LogP) is 3.45. The van der Waals surface area contributed by atoms with Crippen molar-refractivity contribution in [2.45, 2.75) is 44.7 Å². The molecule has 5 heteroatoms. The maximum absolute atomic E-state index is 13.6. The van der Waals surface area contributed by atoms with Gasteiger partial charge in [0.15, 0.2) is 0 Å². The lowest BCUT2D eigenvalue weighted by Gasteiger charge is -2.19. The van der Waals surface area contributed by atoms with Crippen LogP contribution in [0.1, 0.15) is 32.6 Å². The summed E-state index contributed by atoms with van der Waals surface area (Å²) in [5.74, 6) is -0.435. The fourth-order valence-electron chi connectivity index (χ4n) is 2.30. The molecule has 1 aliphatic carbocycles. The van der Waals surface area contributed by atoms with E-state index < -0.39 is 6.04 Å². The number of hydrogen-bond acceptors (Lipinski definition) is 2.